The lowest BCUT2D eigenvalue weighted by molar-refractivity contribution is -0.0541. The number of carbonyl (C=O) groups is 2. The fourth-order valence-electron chi connectivity index (χ4n) is 4.16. The van der Waals surface area contributed by atoms with E-state index in [0.29, 0.717) is 60.9 Å². The highest BCUT2D eigenvalue weighted by molar-refractivity contribution is 9.09. The standard InChI is InChI=1S/C26H23NO5.C4H6BrF3O3S/c1-14-6-8-21-19(10-14)23(20-13-18(30-4)7-9-22(20)27-21)26(29)32-24-15(2)11-17(12-16(24)3)25(28)31-5;5-2-1-3-11-12(9,10)4(6,7)8/h6-13H,1-5H3;1-3H2. The van der Waals surface area contributed by atoms with Gasteiger partial charge < -0.3 is 14.2 Å². The summed E-state index contributed by atoms with van der Waals surface area (Å²) < 4.78 is 74.7. The number of hydrogen-bond acceptors (Lipinski definition) is 9. The Labute approximate surface area is 260 Å². The number of esters is 2. The molecule has 0 unspecified atom stereocenters. The van der Waals surface area contributed by atoms with E-state index in [-0.39, 0.29) is 6.42 Å². The van der Waals surface area contributed by atoms with Gasteiger partial charge in [0, 0.05) is 16.1 Å². The molecule has 0 amide bonds. The van der Waals surface area contributed by atoms with Crippen LogP contribution in [0, 0.1) is 20.8 Å². The Morgan fingerprint density at radius 2 is 1.48 bits per heavy atom. The molecule has 0 N–H and O–H groups in total. The van der Waals surface area contributed by atoms with Gasteiger partial charge >= 0.3 is 27.6 Å². The minimum atomic E-state index is -5.39. The van der Waals surface area contributed by atoms with E-state index in [1.807, 2.05) is 37.3 Å². The number of ether oxygens (including phenoxy) is 3. The van der Waals surface area contributed by atoms with Crippen molar-refractivity contribution >= 4 is 59.8 Å². The number of hydrogen-bond donors (Lipinski definition) is 0. The maximum absolute atomic E-state index is 13.5. The van der Waals surface area contributed by atoms with Crippen LogP contribution in [0.15, 0.2) is 48.5 Å². The summed E-state index contributed by atoms with van der Waals surface area (Å²) in [6, 6.07) is 14.5. The molecule has 4 rings (SSSR count). The summed E-state index contributed by atoms with van der Waals surface area (Å²) >= 11 is 2.91. The van der Waals surface area contributed by atoms with Gasteiger partial charge in [-0.2, -0.15) is 21.6 Å². The van der Waals surface area contributed by atoms with E-state index in [1.165, 1.54) is 7.11 Å². The van der Waals surface area contributed by atoms with Crippen molar-refractivity contribution in [2.24, 2.45) is 0 Å². The minimum absolute atomic E-state index is 0.204. The molecule has 1 heterocycles. The Kier molecular flexibility index (Phi) is 11.3. The van der Waals surface area contributed by atoms with E-state index in [4.69, 9.17) is 19.2 Å². The zero-order valence-corrected chi connectivity index (χ0v) is 26.8. The number of fused-ring (bicyclic) bond motifs is 2. The van der Waals surface area contributed by atoms with E-state index in [0.717, 1.165) is 5.56 Å². The van der Waals surface area contributed by atoms with E-state index in [9.17, 15) is 31.2 Å². The minimum Gasteiger partial charge on any atom is -0.497 e. The number of pyridine rings is 1. The first kappa shape index (κ1) is 34.7. The molecule has 0 saturated heterocycles. The number of alkyl halides is 4. The Hall–Kier alpha value is -3.75. The Balaban J connectivity index is 0.000000375. The number of carbonyl (C=O) groups excluding carboxylic acids is 2. The first-order valence-electron chi connectivity index (χ1n) is 12.9. The monoisotopic (exact) mass is 699 g/mol. The van der Waals surface area contributed by atoms with Crippen LogP contribution in [0.4, 0.5) is 13.2 Å². The molecular weight excluding hydrogens is 671 g/mol. The molecule has 3 aromatic carbocycles. The summed E-state index contributed by atoms with van der Waals surface area (Å²) in [6.07, 6.45) is 0.204. The van der Waals surface area contributed by atoms with Crippen molar-refractivity contribution in [3.8, 4) is 11.5 Å². The molecule has 44 heavy (non-hydrogen) atoms. The van der Waals surface area contributed by atoms with Crippen LogP contribution in [0.3, 0.4) is 0 Å². The van der Waals surface area contributed by atoms with Gasteiger partial charge in [-0.15, -0.1) is 0 Å². The topological polar surface area (TPSA) is 118 Å². The fraction of sp³-hybridized carbons (Fsp3) is 0.300. The summed E-state index contributed by atoms with van der Waals surface area (Å²) in [5, 5.41) is 1.74. The highest BCUT2D eigenvalue weighted by atomic mass is 79.9. The molecule has 0 aliphatic heterocycles. The molecule has 9 nitrogen and oxygen atoms in total. The Morgan fingerprint density at radius 3 is 2.02 bits per heavy atom. The lowest BCUT2D eigenvalue weighted by atomic mass is 10.0. The SMILES string of the molecule is COC(=O)c1cc(C)c(OC(=O)c2c3cc(C)ccc3nc3ccc(OC)cc23)c(C)c1.O=S(=O)(OCCCBr)C(F)(F)F. The first-order valence-corrected chi connectivity index (χ1v) is 15.5. The zero-order chi connectivity index (χ0) is 32.8. The molecule has 0 aliphatic carbocycles. The van der Waals surface area contributed by atoms with Crippen molar-refractivity contribution in [1.82, 2.24) is 4.98 Å². The molecule has 0 fully saturated rings. The molecule has 0 atom stereocenters. The van der Waals surface area contributed by atoms with E-state index >= 15 is 0 Å². The Bertz CT molecular complexity index is 1790. The van der Waals surface area contributed by atoms with Gasteiger partial charge in [-0.05, 0) is 80.8 Å². The summed E-state index contributed by atoms with van der Waals surface area (Å²) in [4.78, 5) is 30.2. The average Bonchev–Trinajstić information content (AvgIpc) is 2.96. The molecule has 0 aliphatic rings. The summed E-state index contributed by atoms with van der Waals surface area (Å²) in [5.41, 5.74) is -0.792. The maximum Gasteiger partial charge on any atom is 0.523 e. The van der Waals surface area contributed by atoms with E-state index in [1.54, 1.807) is 39.2 Å². The lowest BCUT2D eigenvalue weighted by Crippen LogP contribution is -2.25. The van der Waals surface area contributed by atoms with Crippen molar-refractivity contribution in [3.63, 3.8) is 0 Å². The summed E-state index contributed by atoms with van der Waals surface area (Å²) in [6.45, 7) is 5.08. The largest absolute Gasteiger partial charge is 0.523 e. The Morgan fingerprint density at radius 1 is 0.886 bits per heavy atom. The van der Waals surface area contributed by atoms with Crippen molar-refractivity contribution in [2.45, 2.75) is 32.7 Å². The normalized spacial score (nSPS) is 11.6. The molecule has 1 aromatic heterocycles. The van der Waals surface area contributed by atoms with Crippen LogP contribution in [0.2, 0.25) is 0 Å². The summed E-state index contributed by atoms with van der Waals surface area (Å²) in [5.74, 6) is 0.0903. The first-order chi connectivity index (χ1) is 20.6. The van der Waals surface area contributed by atoms with Crippen LogP contribution in [-0.4, -0.2) is 57.0 Å². The maximum atomic E-state index is 13.5. The van der Waals surface area contributed by atoms with Gasteiger partial charge in [0.25, 0.3) is 0 Å². The number of rotatable bonds is 8. The van der Waals surface area contributed by atoms with Gasteiger partial charge in [0.2, 0.25) is 0 Å². The molecular formula is C30H29BrF3NO8S. The molecule has 14 heteroatoms. The summed E-state index contributed by atoms with van der Waals surface area (Å²) in [7, 11) is -2.48. The third-order valence-corrected chi connectivity index (χ3v) is 7.82. The molecule has 0 spiro atoms. The van der Waals surface area contributed by atoms with Gasteiger partial charge in [-0.3, -0.25) is 4.18 Å². The second-order valence-corrected chi connectivity index (χ2v) is 11.9. The van der Waals surface area contributed by atoms with Gasteiger partial charge in [-0.25, -0.2) is 14.6 Å². The van der Waals surface area contributed by atoms with Crippen LogP contribution in [0.25, 0.3) is 21.8 Å². The second kappa shape index (κ2) is 14.4. The highest BCUT2D eigenvalue weighted by Crippen LogP contribution is 2.32. The van der Waals surface area contributed by atoms with Gasteiger partial charge in [0.1, 0.15) is 11.5 Å². The number of halogens is 4. The lowest BCUT2D eigenvalue weighted by Gasteiger charge is -2.15. The molecule has 0 bridgehead atoms. The van der Waals surface area contributed by atoms with Crippen molar-refractivity contribution in [3.05, 3.63) is 76.3 Å². The number of nitrogens with zero attached hydrogens (tertiary/aromatic N) is 1. The smallest absolute Gasteiger partial charge is 0.497 e. The predicted octanol–water partition coefficient (Wildman–Crippen LogP) is 6.97. The van der Waals surface area contributed by atoms with E-state index < -0.39 is 34.2 Å². The molecule has 0 saturated carbocycles. The molecule has 4 aromatic rings. The molecule has 236 valence electrons. The van der Waals surface area contributed by atoms with Gasteiger partial charge in [0.05, 0.1) is 43.0 Å². The van der Waals surface area contributed by atoms with Crippen LogP contribution in [-0.2, 0) is 19.0 Å². The second-order valence-electron chi connectivity index (χ2n) is 9.48. The van der Waals surface area contributed by atoms with Crippen molar-refractivity contribution < 1.29 is 49.6 Å². The fourth-order valence-corrected chi connectivity index (χ4v) is 4.86. The van der Waals surface area contributed by atoms with Gasteiger partial charge in [0.15, 0.2) is 0 Å². The van der Waals surface area contributed by atoms with Crippen LogP contribution < -0.4 is 9.47 Å². The number of aryl methyl sites for hydroxylation is 3. The average molecular weight is 701 g/mol. The van der Waals surface area contributed by atoms with Gasteiger partial charge in [-0.1, -0.05) is 27.6 Å². The van der Waals surface area contributed by atoms with E-state index in [2.05, 4.69) is 20.1 Å². The molecule has 0 radical (unpaired) electrons. The van der Waals surface area contributed by atoms with Crippen molar-refractivity contribution in [2.75, 3.05) is 26.2 Å². The number of benzene rings is 3. The number of aromatic nitrogens is 1. The van der Waals surface area contributed by atoms with Crippen LogP contribution in [0.1, 0.15) is 43.8 Å². The third-order valence-electron chi connectivity index (χ3n) is 6.22. The van der Waals surface area contributed by atoms with Crippen LogP contribution >= 0.6 is 15.9 Å². The third kappa shape index (κ3) is 8.04. The quantitative estimate of drug-likeness (QED) is 0.0366. The number of methoxy groups -OCH3 is 2. The zero-order valence-electron chi connectivity index (χ0n) is 24.4. The highest BCUT2D eigenvalue weighted by Gasteiger charge is 2.47. The van der Waals surface area contributed by atoms with Crippen molar-refractivity contribution in [1.29, 1.82) is 0 Å². The predicted molar refractivity (Wildman–Crippen MR) is 162 cm³/mol. The van der Waals surface area contributed by atoms with Crippen LogP contribution in [0.5, 0.6) is 11.5 Å².